The zero-order chi connectivity index (χ0) is 15.9. The SMILES string of the molecule is Cc1c(C#N)c(=O)cc2nc(-c3ccc([N+](=O)[O-])cc3)[nH]n12. The largest absolute Gasteiger partial charge is 0.288 e. The molecule has 0 saturated carbocycles. The molecule has 1 aromatic carbocycles. The first-order chi connectivity index (χ1) is 10.5. The van der Waals surface area contributed by atoms with Gasteiger partial charge >= 0.3 is 0 Å². The van der Waals surface area contributed by atoms with Crippen molar-refractivity contribution < 1.29 is 4.92 Å². The number of hydrogen-bond donors (Lipinski definition) is 1. The van der Waals surface area contributed by atoms with Crippen LogP contribution in [0.4, 0.5) is 5.69 Å². The number of non-ortho nitro benzene ring substituents is 1. The minimum atomic E-state index is -0.482. The lowest BCUT2D eigenvalue weighted by Gasteiger charge is -1.99. The Morgan fingerprint density at radius 2 is 2.05 bits per heavy atom. The summed E-state index contributed by atoms with van der Waals surface area (Å²) in [6, 6.07) is 9.02. The molecular formula is C14H9N5O3. The van der Waals surface area contributed by atoms with Crippen molar-refractivity contribution in [2.45, 2.75) is 6.92 Å². The van der Waals surface area contributed by atoms with Gasteiger partial charge in [0.05, 0.1) is 10.6 Å². The summed E-state index contributed by atoms with van der Waals surface area (Å²) in [6.07, 6.45) is 0. The lowest BCUT2D eigenvalue weighted by Crippen LogP contribution is -2.11. The van der Waals surface area contributed by atoms with Gasteiger partial charge in [-0.25, -0.2) is 9.50 Å². The van der Waals surface area contributed by atoms with Crippen molar-refractivity contribution >= 4 is 11.3 Å². The van der Waals surface area contributed by atoms with Gasteiger partial charge in [0.15, 0.2) is 11.5 Å². The van der Waals surface area contributed by atoms with Gasteiger partial charge in [-0.1, -0.05) is 0 Å². The predicted molar refractivity (Wildman–Crippen MR) is 77.4 cm³/mol. The summed E-state index contributed by atoms with van der Waals surface area (Å²) in [6.45, 7) is 1.64. The number of nitrogens with one attached hydrogen (secondary N) is 1. The molecular weight excluding hydrogens is 286 g/mol. The van der Waals surface area contributed by atoms with Gasteiger partial charge in [0, 0.05) is 23.8 Å². The summed E-state index contributed by atoms with van der Waals surface area (Å²) in [5, 5.41) is 22.6. The van der Waals surface area contributed by atoms with Crippen LogP contribution in [0.3, 0.4) is 0 Å². The van der Waals surface area contributed by atoms with Crippen LogP contribution in [0.5, 0.6) is 0 Å². The van der Waals surface area contributed by atoms with Crippen molar-refractivity contribution in [2.75, 3.05) is 0 Å². The van der Waals surface area contributed by atoms with E-state index in [0.29, 0.717) is 22.7 Å². The number of nitro benzene ring substituents is 1. The Morgan fingerprint density at radius 3 is 2.64 bits per heavy atom. The van der Waals surface area contributed by atoms with E-state index in [1.54, 1.807) is 19.1 Å². The van der Waals surface area contributed by atoms with Crippen LogP contribution in [-0.4, -0.2) is 19.5 Å². The smallest absolute Gasteiger partial charge is 0.269 e. The monoisotopic (exact) mass is 295 g/mol. The molecule has 2 heterocycles. The summed E-state index contributed by atoms with van der Waals surface area (Å²) in [5.41, 5.74) is 1.13. The van der Waals surface area contributed by atoms with Gasteiger partial charge in [-0.3, -0.25) is 20.0 Å². The van der Waals surface area contributed by atoms with Crippen LogP contribution < -0.4 is 5.43 Å². The van der Waals surface area contributed by atoms with Gasteiger partial charge in [-0.15, -0.1) is 0 Å². The molecule has 0 saturated heterocycles. The third-order valence-electron chi connectivity index (χ3n) is 3.34. The molecule has 0 atom stereocenters. The number of H-pyrrole nitrogens is 1. The van der Waals surface area contributed by atoms with Crippen LogP contribution in [0.25, 0.3) is 17.0 Å². The second-order valence-corrected chi connectivity index (χ2v) is 4.65. The van der Waals surface area contributed by atoms with Crippen LogP contribution in [-0.2, 0) is 0 Å². The van der Waals surface area contributed by atoms with Gasteiger partial charge in [-0.2, -0.15) is 5.26 Å². The molecule has 22 heavy (non-hydrogen) atoms. The number of aryl methyl sites for hydroxylation is 1. The number of fused-ring (bicyclic) bond motifs is 1. The highest BCUT2D eigenvalue weighted by molar-refractivity contribution is 5.60. The summed E-state index contributed by atoms with van der Waals surface area (Å²) in [7, 11) is 0. The van der Waals surface area contributed by atoms with Crippen molar-refractivity contribution in [1.82, 2.24) is 14.6 Å². The van der Waals surface area contributed by atoms with E-state index in [2.05, 4.69) is 10.1 Å². The Labute approximate surface area is 123 Å². The number of nitro groups is 1. The number of rotatable bonds is 2. The van der Waals surface area contributed by atoms with E-state index >= 15 is 0 Å². The van der Waals surface area contributed by atoms with Gasteiger partial charge in [-0.05, 0) is 19.1 Å². The minimum Gasteiger partial charge on any atom is -0.288 e. The summed E-state index contributed by atoms with van der Waals surface area (Å²) < 4.78 is 1.54. The molecule has 8 heteroatoms. The maximum absolute atomic E-state index is 11.8. The number of aromatic amines is 1. The average molecular weight is 295 g/mol. The third kappa shape index (κ3) is 2.01. The van der Waals surface area contributed by atoms with Crippen LogP contribution in [0.15, 0.2) is 35.1 Å². The molecule has 8 nitrogen and oxygen atoms in total. The van der Waals surface area contributed by atoms with Crippen LogP contribution in [0.2, 0.25) is 0 Å². The zero-order valence-corrected chi connectivity index (χ0v) is 11.4. The second kappa shape index (κ2) is 4.82. The van der Waals surface area contributed by atoms with E-state index in [9.17, 15) is 14.9 Å². The first kappa shape index (κ1) is 13.5. The Kier molecular flexibility index (Phi) is 2.96. The van der Waals surface area contributed by atoms with E-state index in [1.807, 2.05) is 6.07 Å². The van der Waals surface area contributed by atoms with Crippen molar-refractivity contribution in [3.63, 3.8) is 0 Å². The molecule has 2 aromatic heterocycles. The highest BCUT2D eigenvalue weighted by atomic mass is 16.6. The van der Waals surface area contributed by atoms with Crippen molar-refractivity contribution in [1.29, 1.82) is 5.26 Å². The molecule has 108 valence electrons. The first-order valence-corrected chi connectivity index (χ1v) is 6.28. The lowest BCUT2D eigenvalue weighted by atomic mass is 10.2. The number of nitrogens with zero attached hydrogens (tertiary/aromatic N) is 4. The maximum Gasteiger partial charge on any atom is 0.269 e. The molecule has 0 unspecified atom stereocenters. The molecule has 0 radical (unpaired) electrons. The summed E-state index contributed by atoms with van der Waals surface area (Å²) in [4.78, 5) is 26.2. The van der Waals surface area contributed by atoms with Crippen LogP contribution in [0, 0.1) is 28.4 Å². The fourth-order valence-electron chi connectivity index (χ4n) is 2.19. The van der Waals surface area contributed by atoms with Crippen molar-refractivity contribution in [2.24, 2.45) is 0 Å². The van der Waals surface area contributed by atoms with Crippen LogP contribution >= 0.6 is 0 Å². The van der Waals surface area contributed by atoms with Crippen molar-refractivity contribution in [3.8, 4) is 17.5 Å². The highest BCUT2D eigenvalue weighted by Crippen LogP contribution is 2.20. The Hall–Kier alpha value is -3.47. The van der Waals surface area contributed by atoms with E-state index in [0.717, 1.165) is 0 Å². The van der Waals surface area contributed by atoms with E-state index in [4.69, 9.17) is 5.26 Å². The zero-order valence-electron chi connectivity index (χ0n) is 11.4. The predicted octanol–water partition coefficient (Wildman–Crippen LogP) is 1.78. The lowest BCUT2D eigenvalue weighted by molar-refractivity contribution is -0.384. The quantitative estimate of drug-likeness (QED) is 0.571. The Morgan fingerprint density at radius 1 is 1.36 bits per heavy atom. The molecule has 0 aliphatic rings. The number of benzene rings is 1. The van der Waals surface area contributed by atoms with Crippen LogP contribution in [0.1, 0.15) is 11.3 Å². The molecule has 0 fully saturated rings. The topological polar surface area (TPSA) is 117 Å². The van der Waals surface area contributed by atoms with E-state index in [1.165, 1.54) is 22.7 Å². The fourth-order valence-corrected chi connectivity index (χ4v) is 2.19. The maximum atomic E-state index is 11.8. The molecule has 3 aromatic rings. The molecule has 1 N–H and O–H groups in total. The minimum absolute atomic E-state index is 0.0164. The van der Waals surface area contributed by atoms with E-state index < -0.39 is 4.92 Å². The van der Waals surface area contributed by atoms with Gasteiger partial charge in [0.25, 0.3) is 5.69 Å². The summed E-state index contributed by atoms with van der Waals surface area (Å²) in [5.74, 6) is 0.451. The Bertz CT molecular complexity index is 992. The standard InChI is InChI=1S/C14H9N5O3/c1-8-11(7-15)12(20)6-13-16-14(17-18(8)13)9-2-4-10(5-3-9)19(21)22/h2-6H,1H3,(H,16,17). The van der Waals surface area contributed by atoms with Gasteiger partial charge in [0.1, 0.15) is 11.6 Å². The number of nitriles is 1. The third-order valence-corrected chi connectivity index (χ3v) is 3.34. The molecule has 0 aliphatic heterocycles. The molecule has 0 spiro atoms. The Balaban J connectivity index is 2.17. The van der Waals surface area contributed by atoms with Gasteiger partial charge < -0.3 is 0 Å². The number of aromatic nitrogens is 3. The summed E-state index contributed by atoms with van der Waals surface area (Å²) >= 11 is 0. The molecule has 0 bridgehead atoms. The highest BCUT2D eigenvalue weighted by Gasteiger charge is 2.13. The normalized spacial score (nSPS) is 10.5. The van der Waals surface area contributed by atoms with E-state index in [-0.39, 0.29) is 16.7 Å². The first-order valence-electron chi connectivity index (χ1n) is 6.28. The fraction of sp³-hybridized carbons (Fsp3) is 0.0714. The van der Waals surface area contributed by atoms with Crippen molar-refractivity contribution in [3.05, 3.63) is 61.9 Å². The number of pyridine rings is 1. The molecule has 0 aliphatic carbocycles. The average Bonchev–Trinajstić information content (AvgIpc) is 2.92. The van der Waals surface area contributed by atoms with Gasteiger partial charge in [0.2, 0.25) is 5.43 Å². The molecule has 0 amide bonds. The molecule has 3 rings (SSSR count). The number of hydrogen-bond acceptors (Lipinski definition) is 5. The second-order valence-electron chi connectivity index (χ2n) is 4.65.